The summed E-state index contributed by atoms with van der Waals surface area (Å²) in [4.78, 5) is 13.9. The summed E-state index contributed by atoms with van der Waals surface area (Å²) in [6.45, 7) is 5.65. The van der Waals surface area contributed by atoms with Crippen LogP contribution in [0.5, 0.6) is 5.75 Å². The average molecular weight is 262 g/mol. The van der Waals surface area contributed by atoms with Gasteiger partial charge < -0.3 is 15.4 Å². The smallest absolute Gasteiger partial charge is 0.260 e. The number of rotatable bonds is 3. The maximum Gasteiger partial charge on any atom is 0.260 e. The Bertz CT molecular complexity index is 451. The summed E-state index contributed by atoms with van der Waals surface area (Å²) >= 11 is 0. The number of piperidine rings is 1. The molecule has 0 atom stereocenters. The average Bonchev–Trinajstić information content (AvgIpc) is 2.41. The van der Waals surface area contributed by atoms with E-state index in [-0.39, 0.29) is 18.6 Å². The highest BCUT2D eigenvalue weighted by atomic mass is 16.5. The van der Waals surface area contributed by atoms with Crippen LogP contribution in [0.1, 0.15) is 24.0 Å². The lowest BCUT2D eigenvalue weighted by molar-refractivity contribution is -0.134. The highest BCUT2D eigenvalue weighted by molar-refractivity contribution is 5.77. The van der Waals surface area contributed by atoms with Crippen LogP contribution >= 0.6 is 0 Å². The molecule has 0 saturated carbocycles. The lowest BCUT2D eigenvalue weighted by Gasteiger charge is -2.30. The quantitative estimate of drug-likeness (QED) is 0.901. The van der Waals surface area contributed by atoms with E-state index in [1.807, 2.05) is 36.9 Å². The van der Waals surface area contributed by atoms with Gasteiger partial charge in [-0.05, 0) is 43.9 Å². The third-order valence-electron chi connectivity index (χ3n) is 3.80. The van der Waals surface area contributed by atoms with Crippen molar-refractivity contribution in [2.24, 2.45) is 5.73 Å². The summed E-state index contributed by atoms with van der Waals surface area (Å²) in [6.07, 6.45) is 1.77. The molecule has 0 bridgehead atoms. The predicted octanol–water partition coefficient (Wildman–Crippen LogP) is 1.63. The number of carbonyl (C=O) groups is 1. The zero-order valence-electron chi connectivity index (χ0n) is 11.7. The summed E-state index contributed by atoms with van der Waals surface area (Å²) in [6, 6.07) is 6.13. The Morgan fingerprint density at radius 3 is 2.74 bits per heavy atom. The number of carbonyl (C=O) groups excluding carboxylic acids is 1. The first kappa shape index (κ1) is 13.9. The van der Waals surface area contributed by atoms with Crippen LogP contribution in [0.3, 0.4) is 0 Å². The minimum absolute atomic E-state index is 0.0489. The molecule has 2 N–H and O–H groups in total. The first-order chi connectivity index (χ1) is 9.08. The molecular formula is C15H22N2O2. The van der Waals surface area contributed by atoms with Crippen LogP contribution in [0.2, 0.25) is 0 Å². The van der Waals surface area contributed by atoms with Crippen LogP contribution in [0.4, 0.5) is 0 Å². The molecular weight excluding hydrogens is 240 g/mol. The van der Waals surface area contributed by atoms with Gasteiger partial charge in [-0.2, -0.15) is 0 Å². The van der Waals surface area contributed by atoms with E-state index in [0.29, 0.717) is 0 Å². The highest BCUT2D eigenvalue weighted by Crippen LogP contribution is 2.20. The first-order valence-electron chi connectivity index (χ1n) is 6.80. The maximum absolute atomic E-state index is 12.0. The number of benzene rings is 1. The van der Waals surface area contributed by atoms with Gasteiger partial charge in [-0.3, -0.25) is 4.79 Å². The van der Waals surface area contributed by atoms with Gasteiger partial charge in [0.2, 0.25) is 0 Å². The van der Waals surface area contributed by atoms with Gasteiger partial charge in [0.05, 0.1) is 0 Å². The predicted molar refractivity (Wildman–Crippen MR) is 75.2 cm³/mol. The van der Waals surface area contributed by atoms with Crippen molar-refractivity contribution in [2.75, 3.05) is 19.7 Å². The van der Waals surface area contributed by atoms with Crippen molar-refractivity contribution in [3.8, 4) is 5.75 Å². The van der Waals surface area contributed by atoms with E-state index < -0.39 is 0 Å². The fraction of sp³-hybridized carbons (Fsp3) is 0.533. The van der Waals surface area contributed by atoms with Gasteiger partial charge in [-0.15, -0.1) is 0 Å². The van der Waals surface area contributed by atoms with Crippen molar-refractivity contribution in [1.82, 2.24) is 4.90 Å². The molecule has 0 radical (unpaired) electrons. The topological polar surface area (TPSA) is 55.6 Å². The standard InChI is InChI=1S/C15H22N2O2/c1-11-4-3-5-14(12(11)2)19-10-15(18)17-8-6-13(16)7-9-17/h3-5,13H,6-10,16H2,1-2H3. The van der Waals surface area contributed by atoms with Gasteiger partial charge in [0.1, 0.15) is 5.75 Å². The number of nitrogens with zero attached hydrogens (tertiary/aromatic N) is 1. The van der Waals surface area contributed by atoms with Crippen molar-refractivity contribution in [3.63, 3.8) is 0 Å². The molecule has 1 heterocycles. The summed E-state index contributed by atoms with van der Waals surface area (Å²) in [5.41, 5.74) is 8.10. The van der Waals surface area contributed by atoms with Crippen LogP contribution in [0, 0.1) is 13.8 Å². The third kappa shape index (κ3) is 3.47. The number of nitrogens with two attached hydrogens (primary N) is 1. The van der Waals surface area contributed by atoms with Crippen LogP contribution in [0.25, 0.3) is 0 Å². The molecule has 104 valence electrons. The molecule has 1 aliphatic rings. The Morgan fingerprint density at radius 1 is 1.37 bits per heavy atom. The van der Waals surface area contributed by atoms with Crippen molar-refractivity contribution < 1.29 is 9.53 Å². The minimum atomic E-state index is 0.0489. The van der Waals surface area contributed by atoms with Gasteiger partial charge in [0, 0.05) is 19.1 Å². The molecule has 0 unspecified atom stereocenters. The normalized spacial score (nSPS) is 16.5. The largest absolute Gasteiger partial charge is 0.483 e. The van der Waals surface area contributed by atoms with E-state index in [2.05, 4.69) is 0 Å². The van der Waals surface area contributed by atoms with Gasteiger partial charge >= 0.3 is 0 Å². The second kappa shape index (κ2) is 6.06. The molecule has 0 aromatic heterocycles. The summed E-state index contributed by atoms with van der Waals surface area (Å²) in [7, 11) is 0. The molecule has 4 nitrogen and oxygen atoms in total. The molecule has 0 spiro atoms. The molecule has 19 heavy (non-hydrogen) atoms. The van der Waals surface area contributed by atoms with Crippen LogP contribution < -0.4 is 10.5 Å². The van der Waals surface area contributed by atoms with Gasteiger partial charge in [0.25, 0.3) is 5.91 Å². The van der Waals surface area contributed by atoms with Crippen LogP contribution in [-0.4, -0.2) is 36.5 Å². The highest BCUT2D eigenvalue weighted by Gasteiger charge is 2.20. The number of likely N-dealkylation sites (tertiary alicyclic amines) is 1. The van der Waals surface area contributed by atoms with Crippen molar-refractivity contribution in [1.29, 1.82) is 0 Å². The number of aryl methyl sites for hydroxylation is 1. The van der Waals surface area contributed by atoms with E-state index in [0.717, 1.165) is 37.2 Å². The van der Waals surface area contributed by atoms with E-state index in [4.69, 9.17) is 10.5 Å². The zero-order chi connectivity index (χ0) is 13.8. The second-order valence-electron chi connectivity index (χ2n) is 5.20. The van der Waals surface area contributed by atoms with Gasteiger partial charge in [0.15, 0.2) is 6.61 Å². The second-order valence-corrected chi connectivity index (χ2v) is 5.20. The Balaban J connectivity index is 1.88. The molecule has 1 amide bonds. The van der Waals surface area contributed by atoms with E-state index in [9.17, 15) is 4.79 Å². The number of hydrogen-bond acceptors (Lipinski definition) is 3. The maximum atomic E-state index is 12.0. The Kier molecular flexibility index (Phi) is 4.43. The third-order valence-corrected chi connectivity index (χ3v) is 3.80. The van der Waals surface area contributed by atoms with Gasteiger partial charge in [-0.1, -0.05) is 12.1 Å². The molecule has 0 aliphatic carbocycles. The molecule has 1 aliphatic heterocycles. The fourth-order valence-corrected chi connectivity index (χ4v) is 2.26. The molecule has 1 aromatic rings. The zero-order valence-corrected chi connectivity index (χ0v) is 11.7. The molecule has 2 rings (SSSR count). The van der Waals surface area contributed by atoms with Crippen LogP contribution in [0.15, 0.2) is 18.2 Å². The van der Waals surface area contributed by atoms with E-state index in [1.54, 1.807) is 0 Å². The van der Waals surface area contributed by atoms with Crippen molar-refractivity contribution >= 4 is 5.91 Å². The van der Waals surface area contributed by atoms with E-state index in [1.165, 1.54) is 5.56 Å². The lowest BCUT2D eigenvalue weighted by Crippen LogP contribution is -2.44. The minimum Gasteiger partial charge on any atom is -0.483 e. The monoisotopic (exact) mass is 262 g/mol. The first-order valence-corrected chi connectivity index (χ1v) is 6.80. The van der Waals surface area contributed by atoms with E-state index >= 15 is 0 Å². The Labute approximate surface area is 114 Å². The number of hydrogen-bond donors (Lipinski definition) is 1. The lowest BCUT2D eigenvalue weighted by atomic mass is 10.1. The summed E-state index contributed by atoms with van der Waals surface area (Å²) < 4.78 is 5.64. The number of ether oxygens (including phenoxy) is 1. The summed E-state index contributed by atoms with van der Waals surface area (Å²) in [5.74, 6) is 0.842. The van der Waals surface area contributed by atoms with Crippen molar-refractivity contribution in [2.45, 2.75) is 32.7 Å². The fourth-order valence-electron chi connectivity index (χ4n) is 2.26. The SMILES string of the molecule is Cc1cccc(OCC(=O)N2CCC(N)CC2)c1C. The Hall–Kier alpha value is -1.55. The molecule has 1 saturated heterocycles. The molecule has 1 aromatic carbocycles. The summed E-state index contributed by atoms with van der Waals surface area (Å²) in [5, 5.41) is 0. The Morgan fingerprint density at radius 2 is 2.05 bits per heavy atom. The molecule has 1 fully saturated rings. The van der Waals surface area contributed by atoms with Gasteiger partial charge in [-0.25, -0.2) is 0 Å². The molecule has 4 heteroatoms. The number of amides is 1. The van der Waals surface area contributed by atoms with Crippen LogP contribution in [-0.2, 0) is 4.79 Å². The van der Waals surface area contributed by atoms with Crippen molar-refractivity contribution in [3.05, 3.63) is 29.3 Å².